The number of benzene rings is 10. The fourth-order valence-corrected chi connectivity index (χ4v) is 14.6. The second kappa shape index (κ2) is 41.6. The van der Waals surface area contributed by atoms with Gasteiger partial charge in [0.2, 0.25) is 17.9 Å². The van der Waals surface area contributed by atoms with Gasteiger partial charge in [0.25, 0.3) is 0 Å². The zero-order valence-electron chi connectivity index (χ0n) is 68.3. The van der Waals surface area contributed by atoms with Crippen molar-refractivity contribution in [3.8, 4) is 5.75 Å². The molecule has 112 heavy (non-hydrogen) atoms. The van der Waals surface area contributed by atoms with Gasteiger partial charge in [-0.2, -0.15) is 0 Å². The van der Waals surface area contributed by atoms with E-state index in [1.54, 1.807) is 7.11 Å². The molecule has 0 radical (unpaired) electrons. The Morgan fingerprint density at radius 1 is 0.393 bits per heavy atom. The highest BCUT2D eigenvalue weighted by molar-refractivity contribution is 6.08. The van der Waals surface area contributed by atoms with Crippen LogP contribution in [-0.4, -0.2) is 71.6 Å². The molecule has 5 aliphatic rings. The van der Waals surface area contributed by atoms with Gasteiger partial charge < -0.3 is 57.9 Å². The summed E-state index contributed by atoms with van der Waals surface area (Å²) >= 11 is 0. The third kappa shape index (κ3) is 29.1. The average molecular weight is 1500 g/mol. The van der Waals surface area contributed by atoms with Gasteiger partial charge in [-0.1, -0.05) is 182 Å². The lowest BCUT2D eigenvalue weighted by molar-refractivity contribution is -0.0106. The number of hydrogen-bond donors (Lipinski definition) is 10. The Bertz CT molecular complexity index is 4440. The molecule has 0 atom stereocenters. The van der Waals surface area contributed by atoms with E-state index < -0.39 is 0 Å². The fourth-order valence-electron chi connectivity index (χ4n) is 14.6. The van der Waals surface area contributed by atoms with Crippen LogP contribution in [0.1, 0.15) is 151 Å². The van der Waals surface area contributed by atoms with E-state index in [0.29, 0.717) is 41.5 Å². The first-order valence-corrected chi connectivity index (χ1v) is 40.2. The number of aryl methyl sites for hydroxylation is 2. The van der Waals surface area contributed by atoms with Crippen molar-refractivity contribution in [1.29, 1.82) is 0 Å². The largest absolute Gasteiger partial charge is 0.497 e. The summed E-state index contributed by atoms with van der Waals surface area (Å²) in [7, 11) is 1.65. The Morgan fingerprint density at radius 2 is 0.759 bits per heavy atom. The van der Waals surface area contributed by atoms with E-state index in [0.717, 1.165) is 92.0 Å². The standard InChI is InChI=1S/C23H19N3.C21H21N3.C20H19N3O.C17H31N3.C15H31N3/c1-3-12-19(13-4-1)24-23(25-20-14-5-2-6-15-20)26-22-17-9-11-18-10-7-8-16-21(18)22;1-16-8-12-19(13-9-16)23-21(22-18-6-4-3-5-7-18)24-20-14-10-17(2)11-15-20;1-24-19-14-12-18(13-15-19)23-20(21-16-8-4-2-5-9-16)22-17-10-6-3-7-11-17;1-11(2)18-16(19-12(3)4)20-17-8-13-5-14(9-17)7-15(6-13)10-17;1-14(2,3)17-13(18-15(4,5)6)16-12-10-8-7-9-11-12/h1-17H,(H2,24,25,26);3-15H,1-2H3,(H2,22,23,24);2-15H,1H3,(H2,21,22,23);11-15H,5-10H2,1-4H3,(H2,18,19,20);12H,7-11H2,1-6H3,(H2,16,17,18). The maximum atomic E-state index is 5.19. The first-order chi connectivity index (χ1) is 54.0. The maximum absolute atomic E-state index is 5.19. The van der Waals surface area contributed by atoms with Crippen LogP contribution in [0.15, 0.2) is 292 Å². The van der Waals surface area contributed by atoms with Gasteiger partial charge in [-0.25, -0.2) is 20.0 Å². The summed E-state index contributed by atoms with van der Waals surface area (Å²) in [6, 6.07) is 89.7. The minimum atomic E-state index is 0.0474. The number of hydrogen-bond acceptors (Lipinski definition) is 6. The van der Waals surface area contributed by atoms with Crippen molar-refractivity contribution in [2.75, 3.05) is 39.0 Å². The fraction of sp³-hybridized carbons (Fsp3) is 0.344. The van der Waals surface area contributed by atoms with Gasteiger partial charge in [0.05, 0.1) is 30.2 Å². The topological polar surface area (TPSA) is 191 Å². The average Bonchev–Trinajstić information content (AvgIpc) is 0.748. The second-order valence-electron chi connectivity index (χ2n) is 32.6. The Labute approximate surface area is 668 Å². The van der Waals surface area contributed by atoms with Crippen LogP contribution in [0.4, 0.5) is 51.2 Å². The maximum Gasteiger partial charge on any atom is 0.205 e. The minimum absolute atomic E-state index is 0.0474. The van der Waals surface area contributed by atoms with Crippen LogP contribution < -0.4 is 57.9 Å². The molecule has 5 saturated carbocycles. The molecule has 586 valence electrons. The van der Waals surface area contributed by atoms with Gasteiger partial charge in [-0.3, -0.25) is 4.99 Å². The highest BCUT2D eigenvalue weighted by atomic mass is 16.5. The molecule has 5 fully saturated rings. The van der Waals surface area contributed by atoms with Crippen LogP contribution in [0.2, 0.25) is 0 Å². The van der Waals surface area contributed by atoms with Gasteiger partial charge in [-0.15, -0.1) is 0 Å². The lowest BCUT2D eigenvalue weighted by Crippen LogP contribution is -2.62. The van der Waals surface area contributed by atoms with Crippen molar-refractivity contribution in [2.24, 2.45) is 42.7 Å². The molecule has 16 heteroatoms. The lowest BCUT2D eigenvalue weighted by Gasteiger charge is -2.57. The highest BCUT2D eigenvalue weighted by Crippen LogP contribution is 2.55. The van der Waals surface area contributed by atoms with Gasteiger partial charge in [-0.05, 0) is 273 Å². The van der Waals surface area contributed by atoms with Gasteiger partial charge in [0, 0.05) is 68.2 Å². The summed E-state index contributed by atoms with van der Waals surface area (Å²) in [4.78, 5) is 23.9. The van der Waals surface area contributed by atoms with Crippen LogP contribution in [0.5, 0.6) is 5.75 Å². The third-order valence-corrected chi connectivity index (χ3v) is 19.2. The van der Waals surface area contributed by atoms with E-state index in [1.165, 1.54) is 87.1 Å². The van der Waals surface area contributed by atoms with Crippen LogP contribution in [0, 0.1) is 31.6 Å². The number of rotatable bonds is 14. The molecular weight excluding hydrogens is 1380 g/mol. The first-order valence-electron chi connectivity index (χ1n) is 40.2. The van der Waals surface area contributed by atoms with E-state index in [4.69, 9.17) is 24.7 Å². The summed E-state index contributed by atoms with van der Waals surface area (Å²) in [5, 5.41) is 36.8. The normalized spacial score (nSPS) is 16.9. The number of nitrogens with zero attached hydrogens (tertiary/aromatic N) is 5. The molecule has 0 spiro atoms. The molecule has 0 saturated heterocycles. The molecule has 0 amide bonds. The Hall–Kier alpha value is -11.4. The van der Waals surface area contributed by atoms with Crippen LogP contribution in [0.3, 0.4) is 0 Å². The van der Waals surface area contributed by atoms with Gasteiger partial charge in [0.1, 0.15) is 5.75 Å². The van der Waals surface area contributed by atoms with E-state index in [-0.39, 0.29) is 11.1 Å². The van der Waals surface area contributed by atoms with Crippen molar-refractivity contribution in [2.45, 2.75) is 188 Å². The molecular formula is C96H121N15O. The molecule has 4 bridgehead atoms. The Balaban J connectivity index is 0.000000149. The molecule has 0 aromatic heterocycles. The van der Waals surface area contributed by atoms with Crippen LogP contribution >= 0.6 is 0 Å². The predicted octanol–water partition coefficient (Wildman–Crippen LogP) is 23.2. The van der Waals surface area contributed by atoms with Gasteiger partial charge >= 0.3 is 0 Å². The van der Waals surface area contributed by atoms with Gasteiger partial charge in [0.15, 0.2) is 11.9 Å². The number of ether oxygens (including phenoxy) is 1. The zero-order chi connectivity index (χ0) is 79.1. The van der Waals surface area contributed by atoms with E-state index in [2.05, 4.69) is 184 Å². The number of methoxy groups -OCH3 is 1. The van der Waals surface area contributed by atoms with Crippen molar-refractivity contribution in [3.63, 3.8) is 0 Å². The Morgan fingerprint density at radius 3 is 1.15 bits per heavy atom. The van der Waals surface area contributed by atoms with E-state index in [9.17, 15) is 0 Å². The molecule has 0 unspecified atom stereocenters. The monoisotopic (exact) mass is 1500 g/mol. The predicted molar refractivity (Wildman–Crippen MR) is 479 cm³/mol. The number of aliphatic imine (C=N–C) groups is 5. The summed E-state index contributed by atoms with van der Waals surface area (Å²) < 4.78 is 5.19. The SMILES string of the molecule is CC(C)(C)NC(=NC1CCCCC1)NC(C)(C)C.CC(C)N=C(NC(C)C)NC12CC3CC(CC(C3)C1)C2.COc1ccc(N=C(Nc2ccccc2)Nc2ccccc2)cc1.Cc1ccc(N=C(Nc2ccccc2)Nc2ccc(C)cc2)cc1.c1ccc(NC(=Nc2cccc3ccccc23)Nc2ccccc2)cc1. The minimum Gasteiger partial charge on any atom is -0.497 e. The summed E-state index contributed by atoms with van der Waals surface area (Å²) in [5.41, 5.74) is 11.4. The molecule has 10 aromatic carbocycles. The molecule has 10 aromatic rings. The summed E-state index contributed by atoms with van der Waals surface area (Å²) in [6.45, 7) is 25.9. The van der Waals surface area contributed by atoms with Crippen molar-refractivity contribution in [3.05, 3.63) is 278 Å². The molecule has 5 aliphatic carbocycles. The second-order valence-corrected chi connectivity index (χ2v) is 32.6. The number of fused-ring (bicyclic) bond motifs is 1. The smallest absolute Gasteiger partial charge is 0.205 e. The molecule has 0 aliphatic heterocycles. The number of guanidine groups is 5. The number of anilines is 6. The molecule has 10 N–H and O–H groups in total. The van der Waals surface area contributed by atoms with Crippen molar-refractivity contribution in [1.82, 2.24) is 21.3 Å². The zero-order valence-corrected chi connectivity index (χ0v) is 68.3. The number of para-hydroxylation sites is 5. The van der Waals surface area contributed by atoms with E-state index in [1.807, 2.05) is 224 Å². The third-order valence-electron chi connectivity index (χ3n) is 19.2. The van der Waals surface area contributed by atoms with Crippen LogP contribution in [0.25, 0.3) is 10.8 Å². The van der Waals surface area contributed by atoms with Crippen LogP contribution in [-0.2, 0) is 0 Å². The molecule has 16 nitrogen and oxygen atoms in total. The quantitative estimate of drug-likeness (QED) is 0.0368. The van der Waals surface area contributed by atoms with Crippen molar-refractivity contribution < 1.29 is 4.74 Å². The molecule has 0 heterocycles. The highest BCUT2D eigenvalue weighted by Gasteiger charge is 2.51. The van der Waals surface area contributed by atoms with Crippen molar-refractivity contribution >= 4 is 91.8 Å². The summed E-state index contributed by atoms with van der Waals surface area (Å²) in [6.07, 6.45) is 15.1. The first kappa shape index (κ1) is 83.1. The molecule has 15 rings (SSSR count). The number of nitrogens with one attached hydrogen (secondary N) is 10. The Kier molecular flexibility index (Phi) is 30.9. The summed E-state index contributed by atoms with van der Waals surface area (Å²) in [5.74, 6) is 7.76. The van der Waals surface area contributed by atoms with E-state index >= 15 is 0 Å². The lowest BCUT2D eigenvalue weighted by atomic mass is 9.53.